The van der Waals surface area contributed by atoms with E-state index in [1.165, 1.54) is 6.07 Å². The average Bonchev–Trinajstić information content (AvgIpc) is 2.95. The Hall–Kier alpha value is -3.02. The third-order valence-corrected chi connectivity index (χ3v) is 3.57. The number of halogens is 2. The number of rotatable bonds is 4. The van der Waals surface area contributed by atoms with Crippen molar-refractivity contribution in [2.45, 2.75) is 13.5 Å². The SMILES string of the molecule is Cc1onc(-c2ccc(F)cc2F)c1C(=O)NCc1ccccc1. The molecule has 1 amide bonds. The van der Waals surface area contributed by atoms with Crippen molar-refractivity contribution in [3.63, 3.8) is 0 Å². The maximum atomic E-state index is 14.0. The van der Waals surface area contributed by atoms with E-state index in [0.717, 1.165) is 17.7 Å². The van der Waals surface area contributed by atoms with Gasteiger partial charge in [-0.25, -0.2) is 8.78 Å². The molecule has 0 saturated carbocycles. The number of carbonyl (C=O) groups excluding carboxylic acids is 1. The lowest BCUT2D eigenvalue weighted by Crippen LogP contribution is -2.23. The van der Waals surface area contributed by atoms with Crippen LogP contribution in [0.15, 0.2) is 53.1 Å². The zero-order valence-corrected chi connectivity index (χ0v) is 12.8. The van der Waals surface area contributed by atoms with E-state index < -0.39 is 17.5 Å². The van der Waals surface area contributed by atoms with Gasteiger partial charge in [-0.1, -0.05) is 35.5 Å². The summed E-state index contributed by atoms with van der Waals surface area (Å²) in [6.07, 6.45) is 0. The second-order valence-electron chi connectivity index (χ2n) is 5.25. The van der Waals surface area contributed by atoms with Gasteiger partial charge in [0.15, 0.2) is 0 Å². The van der Waals surface area contributed by atoms with Crippen LogP contribution in [0.5, 0.6) is 0 Å². The number of hydrogen-bond acceptors (Lipinski definition) is 3. The predicted octanol–water partition coefficient (Wildman–Crippen LogP) is 3.86. The fraction of sp³-hybridized carbons (Fsp3) is 0.111. The lowest BCUT2D eigenvalue weighted by Gasteiger charge is -2.06. The predicted molar refractivity (Wildman–Crippen MR) is 84.2 cm³/mol. The molecule has 1 heterocycles. The smallest absolute Gasteiger partial charge is 0.257 e. The highest BCUT2D eigenvalue weighted by atomic mass is 19.1. The number of aryl methyl sites for hydroxylation is 1. The molecule has 122 valence electrons. The van der Waals surface area contributed by atoms with Crippen molar-refractivity contribution in [3.05, 3.63) is 77.1 Å². The topological polar surface area (TPSA) is 55.1 Å². The minimum absolute atomic E-state index is 0.0121. The Bertz CT molecular complexity index is 876. The minimum Gasteiger partial charge on any atom is -0.360 e. The minimum atomic E-state index is -0.805. The Morgan fingerprint density at radius 3 is 2.62 bits per heavy atom. The first-order valence-electron chi connectivity index (χ1n) is 7.30. The van der Waals surface area contributed by atoms with Crippen LogP contribution >= 0.6 is 0 Å². The van der Waals surface area contributed by atoms with E-state index in [1.807, 2.05) is 30.3 Å². The number of nitrogens with one attached hydrogen (secondary N) is 1. The first kappa shape index (κ1) is 15.9. The Labute approximate surface area is 137 Å². The summed E-state index contributed by atoms with van der Waals surface area (Å²) < 4.78 is 32.1. The summed E-state index contributed by atoms with van der Waals surface area (Å²) in [6.45, 7) is 1.88. The van der Waals surface area contributed by atoms with Crippen molar-refractivity contribution < 1.29 is 18.1 Å². The molecular weight excluding hydrogens is 314 g/mol. The molecular formula is C18H14F2N2O2. The lowest BCUT2D eigenvalue weighted by atomic mass is 10.0. The second-order valence-corrected chi connectivity index (χ2v) is 5.25. The van der Waals surface area contributed by atoms with E-state index in [1.54, 1.807) is 6.92 Å². The van der Waals surface area contributed by atoms with Crippen molar-refractivity contribution in [3.8, 4) is 11.3 Å². The molecule has 2 aromatic carbocycles. The molecule has 0 spiro atoms. The normalized spacial score (nSPS) is 10.6. The molecule has 0 saturated heterocycles. The zero-order valence-electron chi connectivity index (χ0n) is 12.8. The molecule has 3 rings (SSSR count). The van der Waals surface area contributed by atoms with Gasteiger partial charge in [-0.2, -0.15) is 0 Å². The van der Waals surface area contributed by atoms with Gasteiger partial charge in [-0.15, -0.1) is 0 Å². The standard InChI is InChI=1S/C18H14F2N2O2/c1-11-16(18(23)21-10-12-5-3-2-4-6-12)17(22-24-11)14-8-7-13(19)9-15(14)20/h2-9H,10H2,1H3,(H,21,23). The number of hydrogen-bond donors (Lipinski definition) is 1. The van der Waals surface area contributed by atoms with Gasteiger partial charge in [0.25, 0.3) is 5.91 Å². The molecule has 1 aromatic heterocycles. The van der Waals surface area contributed by atoms with Gasteiger partial charge in [-0.05, 0) is 24.6 Å². The quantitative estimate of drug-likeness (QED) is 0.791. The summed E-state index contributed by atoms with van der Waals surface area (Å²) in [4.78, 5) is 12.5. The highest BCUT2D eigenvalue weighted by molar-refractivity contribution is 6.00. The molecule has 3 aromatic rings. The highest BCUT2D eigenvalue weighted by Gasteiger charge is 2.23. The Morgan fingerprint density at radius 1 is 1.17 bits per heavy atom. The molecule has 0 aliphatic heterocycles. The number of nitrogens with zero attached hydrogens (tertiary/aromatic N) is 1. The molecule has 0 bridgehead atoms. The van der Waals surface area contributed by atoms with Crippen LogP contribution in [0.2, 0.25) is 0 Å². The van der Waals surface area contributed by atoms with Crippen LogP contribution in [0.4, 0.5) is 8.78 Å². The molecule has 0 radical (unpaired) electrons. The van der Waals surface area contributed by atoms with E-state index in [2.05, 4.69) is 10.5 Å². The van der Waals surface area contributed by atoms with Crippen LogP contribution in [0.25, 0.3) is 11.3 Å². The Balaban J connectivity index is 1.88. The van der Waals surface area contributed by atoms with Crippen molar-refractivity contribution in [1.82, 2.24) is 10.5 Å². The monoisotopic (exact) mass is 328 g/mol. The van der Waals surface area contributed by atoms with E-state index in [-0.39, 0.29) is 22.6 Å². The average molecular weight is 328 g/mol. The van der Waals surface area contributed by atoms with Crippen LogP contribution in [-0.2, 0) is 6.54 Å². The van der Waals surface area contributed by atoms with Gasteiger partial charge in [0.05, 0.1) is 0 Å². The maximum Gasteiger partial charge on any atom is 0.257 e. The van der Waals surface area contributed by atoms with E-state index in [0.29, 0.717) is 6.54 Å². The van der Waals surface area contributed by atoms with Crippen molar-refractivity contribution in [1.29, 1.82) is 0 Å². The Kier molecular flexibility index (Phi) is 4.37. The summed E-state index contributed by atoms with van der Waals surface area (Å²) in [6, 6.07) is 12.4. The lowest BCUT2D eigenvalue weighted by molar-refractivity contribution is 0.0950. The summed E-state index contributed by atoms with van der Waals surface area (Å²) in [5, 5.41) is 6.50. The van der Waals surface area contributed by atoms with Crippen LogP contribution in [0.3, 0.4) is 0 Å². The highest BCUT2D eigenvalue weighted by Crippen LogP contribution is 2.28. The van der Waals surface area contributed by atoms with Crippen LogP contribution in [-0.4, -0.2) is 11.1 Å². The largest absolute Gasteiger partial charge is 0.360 e. The van der Waals surface area contributed by atoms with Crippen LogP contribution in [0.1, 0.15) is 21.7 Å². The second kappa shape index (κ2) is 6.62. The van der Waals surface area contributed by atoms with Gasteiger partial charge in [0, 0.05) is 18.2 Å². The molecule has 6 heteroatoms. The maximum absolute atomic E-state index is 14.0. The molecule has 0 atom stereocenters. The van der Waals surface area contributed by atoms with Crippen LogP contribution < -0.4 is 5.32 Å². The van der Waals surface area contributed by atoms with Gasteiger partial charge in [0.2, 0.25) is 0 Å². The van der Waals surface area contributed by atoms with Crippen molar-refractivity contribution in [2.24, 2.45) is 0 Å². The van der Waals surface area contributed by atoms with Crippen LogP contribution in [0, 0.1) is 18.6 Å². The summed E-state index contributed by atoms with van der Waals surface area (Å²) in [5.74, 6) is -1.68. The molecule has 0 aliphatic carbocycles. The Morgan fingerprint density at radius 2 is 1.92 bits per heavy atom. The molecule has 24 heavy (non-hydrogen) atoms. The fourth-order valence-corrected chi connectivity index (χ4v) is 2.37. The van der Waals surface area contributed by atoms with Gasteiger partial charge < -0.3 is 9.84 Å². The van der Waals surface area contributed by atoms with Gasteiger partial charge in [0.1, 0.15) is 28.7 Å². The summed E-state index contributed by atoms with van der Waals surface area (Å²) in [7, 11) is 0. The zero-order chi connectivity index (χ0) is 17.1. The number of benzene rings is 2. The van der Waals surface area contributed by atoms with E-state index in [4.69, 9.17) is 4.52 Å². The molecule has 0 unspecified atom stereocenters. The van der Waals surface area contributed by atoms with E-state index in [9.17, 15) is 13.6 Å². The van der Waals surface area contributed by atoms with Gasteiger partial charge >= 0.3 is 0 Å². The number of carbonyl (C=O) groups is 1. The fourth-order valence-electron chi connectivity index (χ4n) is 2.37. The molecule has 1 N–H and O–H groups in total. The molecule has 0 fully saturated rings. The third kappa shape index (κ3) is 3.17. The van der Waals surface area contributed by atoms with Crippen molar-refractivity contribution >= 4 is 5.91 Å². The summed E-state index contributed by atoms with van der Waals surface area (Å²) in [5.41, 5.74) is 1.12. The first-order valence-corrected chi connectivity index (χ1v) is 7.30. The van der Waals surface area contributed by atoms with E-state index >= 15 is 0 Å². The number of aromatic nitrogens is 1. The first-order chi connectivity index (χ1) is 11.6. The third-order valence-electron chi connectivity index (χ3n) is 3.57. The molecule has 0 aliphatic rings. The number of amides is 1. The molecule has 4 nitrogen and oxygen atoms in total. The summed E-state index contributed by atoms with van der Waals surface area (Å²) >= 11 is 0. The van der Waals surface area contributed by atoms with Crippen molar-refractivity contribution in [2.75, 3.05) is 0 Å². The van der Waals surface area contributed by atoms with Gasteiger partial charge in [-0.3, -0.25) is 4.79 Å².